The van der Waals surface area contributed by atoms with Crippen LogP contribution >= 0.6 is 0 Å². The third-order valence-corrected chi connectivity index (χ3v) is 5.34. The second-order valence-corrected chi connectivity index (χ2v) is 6.56. The molecule has 0 aromatic carbocycles. The summed E-state index contributed by atoms with van der Waals surface area (Å²) in [5.41, 5.74) is -0.0643. The van der Waals surface area contributed by atoms with E-state index in [1.807, 2.05) is 0 Å². The van der Waals surface area contributed by atoms with Crippen molar-refractivity contribution in [2.24, 2.45) is 11.3 Å². The van der Waals surface area contributed by atoms with Gasteiger partial charge >= 0.3 is 0 Å². The van der Waals surface area contributed by atoms with Crippen LogP contribution in [0.2, 0.25) is 0 Å². The highest BCUT2D eigenvalue weighted by Crippen LogP contribution is 2.54. The van der Waals surface area contributed by atoms with E-state index < -0.39 is 0 Å². The van der Waals surface area contributed by atoms with Gasteiger partial charge in [-0.25, -0.2) is 0 Å². The molecule has 19 heavy (non-hydrogen) atoms. The van der Waals surface area contributed by atoms with E-state index >= 15 is 0 Å². The summed E-state index contributed by atoms with van der Waals surface area (Å²) in [6.07, 6.45) is 7.39. The van der Waals surface area contributed by atoms with E-state index in [9.17, 15) is 9.59 Å². The van der Waals surface area contributed by atoms with Crippen molar-refractivity contribution < 1.29 is 9.59 Å². The Morgan fingerprint density at radius 1 is 1.37 bits per heavy atom. The molecular weight excluding hydrogens is 238 g/mol. The molecule has 0 saturated heterocycles. The number of nitrogens with one attached hydrogen (secondary N) is 1. The summed E-state index contributed by atoms with van der Waals surface area (Å²) >= 11 is 0. The highest BCUT2D eigenvalue weighted by atomic mass is 16.1. The van der Waals surface area contributed by atoms with E-state index in [4.69, 9.17) is 0 Å². The molecule has 2 aliphatic rings. The number of rotatable bonds is 6. The average molecular weight is 265 g/mol. The third-order valence-electron chi connectivity index (χ3n) is 5.34. The summed E-state index contributed by atoms with van der Waals surface area (Å²) in [7, 11) is 0. The number of hydrogen-bond acceptors (Lipinski definition) is 3. The largest absolute Gasteiger partial charge is 0.305 e. The summed E-state index contributed by atoms with van der Waals surface area (Å²) in [6, 6.07) is 0.340. The van der Waals surface area contributed by atoms with Gasteiger partial charge < -0.3 is 5.32 Å². The zero-order valence-electron chi connectivity index (χ0n) is 12.5. The average Bonchev–Trinajstić information content (AvgIpc) is 2.85. The molecule has 2 rings (SSSR count). The molecule has 2 fully saturated rings. The van der Waals surface area contributed by atoms with Gasteiger partial charge in [0.25, 0.3) is 0 Å². The summed E-state index contributed by atoms with van der Waals surface area (Å²) < 4.78 is 0. The topological polar surface area (TPSA) is 46.2 Å². The molecule has 108 valence electrons. The van der Waals surface area contributed by atoms with Crippen LogP contribution in [0.1, 0.15) is 65.7 Å². The second-order valence-electron chi connectivity index (χ2n) is 6.56. The zero-order chi connectivity index (χ0) is 14.0. The lowest BCUT2D eigenvalue weighted by molar-refractivity contribution is -0.127. The number of Topliss-reactive ketones (excluding diaryl/α,β-unsaturated/α-hetero) is 2. The van der Waals surface area contributed by atoms with E-state index in [0.29, 0.717) is 17.7 Å². The number of ketones is 2. The molecule has 0 bridgehead atoms. The Morgan fingerprint density at radius 2 is 2.11 bits per heavy atom. The van der Waals surface area contributed by atoms with Gasteiger partial charge in [0.05, 0.1) is 6.04 Å². The minimum Gasteiger partial charge on any atom is -0.305 e. The van der Waals surface area contributed by atoms with Crippen molar-refractivity contribution in [3.8, 4) is 0 Å². The normalized spacial score (nSPS) is 35.1. The van der Waals surface area contributed by atoms with Gasteiger partial charge in [0.15, 0.2) is 0 Å². The lowest BCUT2D eigenvalue weighted by atomic mass is 9.77. The van der Waals surface area contributed by atoms with Crippen LogP contribution in [-0.4, -0.2) is 23.7 Å². The molecular formula is C16H27NO2. The Labute approximate surface area is 116 Å². The summed E-state index contributed by atoms with van der Waals surface area (Å²) in [5, 5.41) is 3.52. The SMILES string of the molecule is CCCC(NC1CC2CCCC2(C(C)=O)C1)C(C)=O. The lowest BCUT2D eigenvalue weighted by Gasteiger charge is -2.26. The van der Waals surface area contributed by atoms with Crippen LogP contribution in [-0.2, 0) is 9.59 Å². The van der Waals surface area contributed by atoms with Crippen LogP contribution in [0.25, 0.3) is 0 Å². The van der Waals surface area contributed by atoms with Crippen molar-refractivity contribution >= 4 is 11.6 Å². The fourth-order valence-corrected chi connectivity index (χ4v) is 4.33. The van der Waals surface area contributed by atoms with Crippen LogP contribution in [0, 0.1) is 11.3 Å². The van der Waals surface area contributed by atoms with Crippen LogP contribution in [0.15, 0.2) is 0 Å². The van der Waals surface area contributed by atoms with Crippen molar-refractivity contribution in [3.63, 3.8) is 0 Å². The molecule has 0 spiro atoms. The van der Waals surface area contributed by atoms with Crippen LogP contribution in [0.3, 0.4) is 0 Å². The fourth-order valence-electron chi connectivity index (χ4n) is 4.33. The molecule has 3 heteroatoms. The first-order chi connectivity index (χ1) is 8.99. The lowest BCUT2D eigenvalue weighted by Crippen LogP contribution is -2.42. The van der Waals surface area contributed by atoms with Crippen LogP contribution in [0.4, 0.5) is 0 Å². The van der Waals surface area contributed by atoms with Gasteiger partial charge in [-0.1, -0.05) is 19.8 Å². The van der Waals surface area contributed by atoms with Gasteiger partial charge in [-0.2, -0.15) is 0 Å². The first-order valence-corrected chi connectivity index (χ1v) is 7.77. The molecule has 2 aliphatic carbocycles. The maximum atomic E-state index is 12.0. The molecule has 0 amide bonds. The molecule has 0 aromatic rings. The summed E-state index contributed by atoms with van der Waals surface area (Å²) in [6.45, 7) is 5.54. The number of carbonyl (C=O) groups excluding carboxylic acids is 2. The fraction of sp³-hybridized carbons (Fsp3) is 0.875. The predicted molar refractivity (Wildman–Crippen MR) is 76.0 cm³/mol. The Morgan fingerprint density at radius 3 is 2.63 bits per heavy atom. The molecule has 3 nitrogen and oxygen atoms in total. The van der Waals surface area contributed by atoms with Gasteiger partial charge in [-0.15, -0.1) is 0 Å². The monoisotopic (exact) mass is 265 g/mol. The van der Waals surface area contributed by atoms with Gasteiger partial charge in [0, 0.05) is 11.5 Å². The van der Waals surface area contributed by atoms with E-state index in [2.05, 4.69) is 12.2 Å². The second kappa shape index (κ2) is 5.74. The minimum atomic E-state index is -0.0643. The van der Waals surface area contributed by atoms with E-state index in [-0.39, 0.29) is 17.2 Å². The van der Waals surface area contributed by atoms with E-state index in [0.717, 1.165) is 32.1 Å². The highest BCUT2D eigenvalue weighted by molar-refractivity contribution is 5.84. The number of fused-ring (bicyclic) bond motifs is 1. The van der Waals surface area contributed by atoms with Gasteiger partial charge in [-0.05, 0) is 51.9 Å². The maximum absolute atomic E-state index is 12.0. The Kier molecular flexibility index (Phi) is 4.44. The quantitative estimate of drug-likeness (QED) is 0.803. The predicted octanol–water partition coefficient (Wildman–Crippen LogP) is 2.87. The van der Waals surface area contributed by atoms with Crippen molar-refractivity contribution in [1.82, 2.24) is 5.32 Å². The first kappa shape index (κ1) is 14.7. The molecule has 4 atom stereocenters. The Hall–Kier alpha value is -0.700. The zero-order valence-corrected chi connectivity index (χ0v) is 12.5. The highest BCUT2D eigenvalue weighted by Gasteiger charge is 2.53. The van der Waals surface area contributed by atoms with Crippen molar-refractivity contribution in [2.45, 2.75) is 77.8 Å². The first-order valence-electron chi connectivity index (χ1n) is 7.77. The summed E-state index contributed by atoms with van der Waals surface area (Å²) in [4.78, 5) is 23.7. The molecule has 4 unspecified atom stereocenters. The van der Waals surface area contributed by atoms with E-state index in [1.54, 1.807) is 13.8 Å². The molecule has 0 heterocycles. The van der Waals surface area contributed by atoms with Crippen LogP contribution in [0.5, 0.6) is 0 Å². The molecule has 0 aliphatic heterocycles. The van der Waals surface area contributed by atoms with Crippen molar-refractivity contribution in [1.29, 1.82) is 0 Å². The number of carbonyl (C=O) groups is 2. The Balaban J connectivity index is 2.01. The van der Waals surface area contributed by atoms with Gasteiger partial charge in [0.2, 0.25) is 0 Å². The standard InChI is InChI=1S/C16H27NO2/c1-4-6-15(11(2)18)17-14-9-13-7-5-8-16(13,10-14)12(3)19/h13-15,17H,4-10H2,1-3H3. The van der Waals surface area contributed by atoms with Crippen LogP contribution < -0.4 is 5.32 Å². The molecule has 0 radical (unpaired) electrons. The summed E-state index contributed by atoms with van der Waals surface area (Å²) in [5.74, 6) is 1.15. The molecule has 1 N–H and O–H groups in total. The molecule has 2 saturated carbocycles. The third kappa shape index (κ3) is 2.76. The van der Waals surface area contributed by atoms with E-state index in [1.165, 1.54) is 12.8 Å². The number of hydrogen-bond donors (Lipinski definition) is 1. The Bertz CT molecular complexity index is 366. The smallest absolute Gasteiger partial charge is 0.146 e. The van der Waals surface area contributed by atoms with Crippen molar-refractivity contribution in [3.05, 3.63) is 0 Å². The van der Waals surface area contributed by atoms with Gasteiger partial charge in [-0.3, -0.25) is 9.59 Å². The van der Waals surface area contributed by atoms with Gasteiger partial charge in [0.1, 0.15) is 11.6 Å². The molecule has 0 aromatic heterocycles. The minimum absolute atomic E-state index is 0.0159. The van der Waals surface area contributed by atoms with Crippen molar-refractivity contribution in [2.75, 3.05) is 0 Å². The maximum Gasteiger partial charge on any atom is 0.146 e.